The number of piperidine rings is 1. The van der Waals surface area contributed by atoms with E-state index in [9.17, 15) is 8.42 Å². The van der Waals surface area contributed by atoms with Gasteiger partial charge in [-0.1, -0.05) is 13.0 Å². The highest BCUT2D eigenvalue weighted by atomic mass is 32.2. The third-order valence-corrected chi connectivity index (χ3v) is 5.94. The molecule has 1 aliphatic rings. The Balaban J connectivity index is 2.03. The lowest BCUT2D eigenvalue weighted by Crippen LogP contribution is -2.42. The highest BCUT2D eigenvalue weighted by Gasteiger charge is 2.24. The minimum absolute atomic E-state index is 0.112. The van der Waals surface area contributed by atoms with E-state index in [1.807, 2.05) is 6.07 Å². The zero-order chi connectivity index (χ0) is 15.5. The van der Waals surface area contributed by atoms with Crippen molar-refractivity contribution < 1.29 is 8.42 Å². The summed E-state index contributed by atoms with van der Waals surface area (Å²) in [5.41, 5.74) is 0.385. The van der Waals surface area contributed by atoms with Crippen LogP contribution in [0.15, 0.2) is 29.2 Å². The summed E-state index contributed by atoms with van der Waals surface area (Å²) in [6, 6.07) is 8.68. The van der Waals surface area contributed by atoms with Crippen LogP contribution in [0.2, 0.25) is 0 Å². The molecule has 0 aliphatic carbocycles. The molecule has 1 fully saturated rings. The summed E-state index contributed by atoms with van der Waals surface area (Å²) in [6.07, 6.45) is 2.26. The quantitative estimate of drug-likeness (QED) is 0.857. The van der Waals surface area contributed by atoms with Crippen molar-refractivity contribution in [3.05, 3.63) is 29.8 Å². The van der Waals surface area contributed by atoms with Gasteiger partial charge in [-0.25, -0.2) is 8.42 Å². The summed E-state index contributed by atoms with van der Waals surface area (Å²) >= 11 is 0. The van der Waals surface area contributed by atoms with E-state index in [-0.39, 0.29) is 10.6 Å². The molecule has 0 bridgehead atoms. The Labute approximate surface area is 127 Å². The zero-order valence-electron chi connectivity index (χ0n) is 12.6. The topological polar surface area (TPSA) is 61.2 Å². The molecule has 0 radical (unpaired) electrons. The molecule has 0 N–H and O–H groups in total. The number of sulfone groups is 1. The molecular formula is C16H22N2O2S. The summed E-state index contributed by atoms with van der Waals surface area (Å²) in [4.78, 5) is 2.51. The van der Waals surface area contributed by atoms with Gasteiger partial charge in [0, 0.05) is 12.6 Å². The average Bonchev–Trinajstić information content (AvgIpc) is 2.46. The molecule has 114 valence electrons. The second-order valence-corrected chi connectivity index (χ2v) is 8.08. The summed E-state index contributed by atoms with van der Waals surface area (Å²) in [6.45, 7) is 5.94. The van der Waals surface area contributed by atoms with Gasteiger partial charge in [-0.05, 0) is 50.4 Å². The SMILES string of the molecule is CC1CCN(CCS(=O)(=O)c2cccc(C#N)c2)C(C)C1. The molecule has 1 heterocycles. The first-order chi connectivity index (χ1) is 9.92. The molecule has 0 spiro atoms. The molecule has 1 saturated heterocycles. The zero-order valence-corrected chi connectivity index (χ0v) is 13.4. The van der Waals surface area contributed by atoms with E-state index in [2.05, 4.69) is 18.7 Å². The minimum atomic E-state index is -3.32. The third kappa shape index (κ3) is 4.05. The van der Waals surface area contributed by atoms with Crippen LogP contribution >= 0.6 is 0 Å². The lowest BCUT2D eigenvalue weighted by Gasteiger charge is -2.36. The second-order valence-electron chi connectivity index (χ2n) is 5.97. The highest BCUT2D eigenvalue weighted by molar-refractivity contribution is 7.91. The fraction of sp³-hybridized carbons (Fsp3) is 0.562. The van der Waals surface area contributed by atoms with Crippen LogP contribution in [0.1, 0.15) is 32.3 Å². The Bertz CT molecular complexity index is 634. The van der Waals surface area contributed by atoms with Gasteiger partial charge in [-0.15, -0.1) is 0 Å². The molecule has 21 heavy (non-hydrogen) atoms. The number of nitriles is 1. The Morgan fingerprint density at radius 2 is 2.14 bits per heavy atom. The summed E-state index contributed by atoms with van der Waals surface area (Å²) in [5.74, 6) is 0.834. The number of nitrogens with zero attached hydrogens (tertiary/aromatic N) is 2. The van der Waals surface area contributed by atoms with E-state index in [1.165, 1.54) is 6.07 Å². The Kier molecular flexibility index (Phi) is 5.02. The van der Waals surface area contributed by atoms with Gasteiger partial charge >= 0.3 is 0 Å². The van der Waals surface area contributed by atoms with Crippen LogP contribution in [-0.4, -0.2) is 38.2 Å². The first-order valence-corrected chi connectivity index (χ1v) is 9.04. The molecule has 5 heteroatoms. The van der Waals surface area contributed by atoms with Gasteiger partial charge in [0.15, 0.2) is 9.84 Å². The molecule has 2 unspecified atom stereocenters. The van der Waals surface area contributed by atoms with Crippen LogP contribution in [0.3, 0.4) is 0 Å². The van der Waals surface area contributed by atoms with Crippen LogP contribution in [-0.2, 0) is 9.84 Å². The molecule has 1 aromatic carbocycles. The number of hydrogen-bond acceptors (Lipinski definition) is 4. The normalized spacial score (nSPS) is 23.7. The smallest absolute Gasteiger partial charge is 0.179 e. The maximum atomic E-state index is 12.4. The van der Waals surface area contributed by atoms with Crippen molar-refractivity contribution >= 4 is 9.84 Å². The van der Waals surface area contributed by atoms with Crippen molar-refractivity contribution in [1.29, 1.82) is 5.26 Å². The number of hydrogen-bond donors (Lipinski definition) is 0. The van der Waals surface area contributed by atoms with Crippen LogP contribution in [0.25, 0.3) is 0 Å². The van der Waals surface area contributed by atoms with E-state index in [0.717, 1.165) is 25.3 Å². The molecule has 1 aromatic rings. The average molecular weight is 306 g/mol. The molecule has 2 rings (SSSR count). The van der Waals surface area contributed by atoms with Crippen LogP contribution in [0.5, 0.6) is 0 Å². The fourth-order valence-electron chi connectivity index (χ4n) is 2.90. The molecular weight excluding hydrogens is 284 g/mol. The number of likely N-dealkylation sites (tertiary alicyclic amines) is 1. The Morgan fingerprint density at radius 1 is 1.38 bits per heavy atom. The largest absolute Gasteiger partial charge is 0.300 e. The monoisotopic (exact) mass is 306 g/mol. The van der Waals surface area contributed by atoms with Crippen molar-refractivity contribution in [2.45, 2.75) is 37.6 Å². The van der Waals surface area contributed by atoms with E-state index in [0.29, 0.717) is 18.2 Å². The number of rotatable bonds is 4. The van der Waals surface area contributed by atoms with E-state index in [1.54, 1.807) is 18.2 Å². The molecule has 0 aromatic heterocycles. The summed E-state index contributed by atoms with van der Waals surface area (Å²) in [7, 11) is -3.32. The van der Waals surface area contributed by atoms with Gasteiger partial charge in [0.05, 0.1) is 22.3 Å². The third-order valence-electron chi connectivity index (χ3n) is 4.25. The van der Waals surface area contributed by atoms with Crippen molar-refractivity contribution in [3.8, 4) is 6.07 Å². The predicted octanol–water partition coefficient (Wildman–Crippen LogP) is 2.45. The van der Waals surface area contributed by atoms with Crippen molar-refractivity contribution in [1.82, 2.24) is 4.90 Å². The minimum Gasteiger partial charge on any atom is -0.300 e. The van der Waals surface area contributed by atoms with Crippen LogP contribution in [0, 0.1) is 17.2 Å². The lowest BCUT2D eigenvalue weighted by molar-refractivity contribution is 0.137. The van der Waals surface area contributed by atoms with Crippen molar-refractivity contribution in [2.75, 3.05) is 18.8 Å². The first-order valence-electron chi connectivity index (χ1n) is 7.39. The van der Waals surface area contributed by atoms with Gasteiger partial charge in [-0.3, -0.25) is 4.90 Å². The molecule has 0 saturated carbocycles. The molecule has 1 aliphatic heterocycles. The standard InChI is InChI=1S/C16H22N2O2S/c1-13-6-7-18(14(2)10-13)8-9-21(19,20)16-5-3-4-15(11-16)12-17/h3-5,11,13-14H,6-10H2,1-2H3. The predicted molar refractivity (Wildman–Crippen MR) is 82.6 cm³/mol. The van der Waals surface area contributed by atoms with Crippen LogP contribution < -0.4 is 0 Å². The van der Waals surface area contributed by atoms with Gasteiger partial charge in [-0.2, -0.15) is 5.26 Å². The summed E-state index contributed by atoms with van der Waals surface area (Å²) in [5, 5.41) is 8.87. The van der Waals surface area contributed by atoms with E-state index < -0.39 is 9.84 Å². The van der Waals surface area contributed by atoms with Crippen molar-refractivity contribution in [3.63, 3.8) is 0 Å². The lowest BCUT2D eigenvalue weighted by atomic mass is 9.93. The van der Waals surface area contributed by atoms with Crippen LogP contribution in [0.4, 0.5) is 0 Å². The molecule has 0 amide bonds. The van der Waals surface area contributed by atoms with Gasteiger partial charge in [0.1, 0.15) is 0 Å². The summed E-state index contributed by atoms with van der Waals surface area (Å²) < 4.78 is 24.8. The van der Waals surface area contributed by atoms with Gasteiger partial charge in [0.2, 0.25) is 0 Å². The van der Waals surface area contributed by atoms with Gasteiger partial charge in [0.25, 0.3) is 0 Å². The van der Waals surface area contributed by atoms with E-state index in [4.69, 9.17) is 5.26 Å². The molecule has 4 nitrogen and oxygen atoms in total. The Morgan fingerprint density at radius 3 is 2.81 bits per heavy atom. The Hall–Kier alpha value is -1.38. The first kappa shape index (κ1) is 16.0. The van der Waals surface area contributed by atoms with Gasteiger partial charge < -0.3 is 0 Å². The molecule has 2 atom stereocenters. The second kappa shape index (κ2) is 6.59. The fourth-order valence-corrected chi connectivity index (χ4v) is 4.21. The highest BCUT2D eigenvalue weighted by Crippen LogP contribution is 2.22. The van der Waals surface area contributed by atoms with E-state index >= 15 is 0 Å². The van der Waals surface area contributed by atoms with Crippen molar-refractivity contribution in [2.24, 2.45) is 5.92 Å². The number of benzene rings is 1. The maximum absolute atomic E-state index is 12.4. The maximum Gasteiger partial charge on any atom is 0.179 e.